The number of methoxy groups -OCH3 is 1. The van der Waals surface area contributed by atoms with Crippen LogP contribution in [0.3, 0.4) is 0 Å². The van der Waals surface area contributed by atoms with Crippen LogP contribution in [0.15, 0.2) is 0 Å². The Hall–Kier alpha value is -0.610. The van der Waals surface area contributed by atoms with Gasteiger partial charge in [0, 0.05) is 26.7 Å². The second-order valence-electron chi connectivity index (χ2n) is 3.64. The highest BCUT2D eigenvalue weighted by atomic mass is 16.5. The molecule has 0 aromatic rings. The van der Waals surface area contributed by atoms with Gasteiger partial charge in [-0.25, -0.2) is 0 Å². The SMILES string of the molecule is CCCN(C(=O)CCOC)C1CNC1. The maximum Gasteiger partial charge on any atom is 0.225 e. The Morgan fingerprint density at radius 3 is 2.71 bits per heavy atom. The van der Waals surface area contributed by atoms with Crippen molar-refractivity contribution in [3.8, 4) is 0 Å². The fourth-order valence-electron chi connectivity index (χ4n) is 1.58. The third kappa shape index (κ3) is 2.96. The standard InChI is InChI=1S/C10H20N2O2/c1-3-5-12(9-7-11-8-9)10(13)4-6-14-2/h9,11H,3-8H2,1-2H3. The van der Waals surface area contributed by atoms with Crippen molar-refractivity contribution in [3.63, 3.8) is 0 Å². The second kappa shape index (κ2) is 5.98. The average molecular weight is 200 g/mol. The van der Waals surface area contributed by atoms with E-state index in [0.29, 0.717) is 19.1 Å². The summed E-state index contributed by atoms with van der Waals surface area (Å²) in [4.78, 5) is 13.7. The molecule has 1 heterocycles. The first-order valence-corrected chi connectivity index (χ1v) is 5.28. The molecule has 0 unspecified atom stereocenters. The molecule has 1 amide bonds. The molecule has 1 N–H and O–H groups in total. The van der Waals surface area contributed by atoms with Crippen molar-refractivity contribution in [2.24, 2.45) is 0 Å². The largest absolute Gasteiger partial charge is 0.384 e. The topological polar surface area (TPSA) is 41.6 Å². The maximum atomic E-state index is 11.7. The molecule has 1 rings (SSSR count). The molecule has 0 radical (unpaired) electrons. The highest BCUT2D eigenvalue weighted by Crippen LogP contribution is 2.08. The molecule has 14 heavy (non-hydrogen) atoms. The molecule has 82 valence electrons. The van der Waals surface area contributed by atoms with Crippen LogP contribution < -0.4 is 5.32 Å². The van der Waals surface area contributed by atoms with Crippen molar-refractivity contribution >= 4 is 5.91 Å². The van der Waals surface area contributed by atoms with Gasteiger partial charge in [-0.1, -0.05) is 6.92 Å². The fourth-order valence-corrected chi connectivity index (χ4v) is 1.58. The second-order valence-corrected chi connectivity index (χ2v) is 3.64. The van der Waals surface area contributed by atoms with Gasteiger partial charge in [0.15, 0.2) is 0 Å². The summed E-state index contributed by atoms with van der Waals surface area (Å²) in [6.07, 6.45) is 1.53. The molecule has 4 nitrogen and oxygen atoms in total. The number of ether oxygens (including phenoxy) is 1. The summed E-state index contributed by atoms with van der Waals surface area (Å²) in [6.45, 7) is 5.38. The third-order valence-corrected chi connectivity index (χ3v) is 2.51. The van der Waals surface area contributed by atoms with E-state index < -0.39 is 0 Å². The Balaban J connectivity index is 2.35. The molecule has 1 saturated heterocycles. The highest BCUT2D eigenvalue weighted by molar-refractivity contribution is 5.76. The van der Waals surface area contributed by atoms with Gasteiger partial charge in [-0.2, -0.15) is 0 Å². The van der Waals surface area contributed by atoms with Crippen molar-refractivity contribution < 1.29 is 9.53 Å². The number of nitrogens with zero attached hydrogens (tertiary/aromatic N) is 1. The highest BCUT2D eigenvalue weighted by Gasteiger charge is 2.27. The zero-order valence-corrected chi connectivity index (χ0v) is 9.08. The number of amides is 1. The van der Waals surface area contributed by atoms with Gasteiger partial charge < -0.3 is 15.0 Å². The molecule has 1 fully saturated rings. The van der Waals surface area contributed by atoms with Gasteiger partial charge in [-0.15, -0.1) is 0 Å². The van der Waals surface area contributed by atoms with Gasteiger partial charge in [0.2, 0.25) is 5.91 Å². The van der Waals surface area contributed by atoms with E-state index in [2.05, 4.69) is 12.2 Å². The zero-order valence-electron chi connectivity index (χ0n) is 9.08. The number of carbonyl (C=O) groups is 1. The summed E-state index contributed by atoms with van der Waals surface area (Å²) >= 11 is 0. The smallest absolute Gasteiger partial charge is 0.225 e. The van der Waals surface area contributed by atoms with Crippen LogP contribution in [0.4, 0.5) is 0 Å². The lowest BCUT2D eigenvalue weighted by atomic mass is 10.1. The molecule has 0 aromatic heterocycles. The van der Waals surface area contributed by atoms with Crippen LogP contribution in [0.5, 0.6) is 0 Å². The Labute approximate surface area is 85.6 Å². The van der Waals surface area contributed by atoms with Crippen molar-refractivity contribution in [3.05, 3.63) is 0 Å². The predicted octanol–water partition coefficient (Wildman–Crippen LogP) is 0.233. The van der Waals surface area contributed by atoms with Crippen molar-refractivity contribution in [2.45, 2.75) is 25.8 Å². The Morgan fingerprint density at radius 2 is 2.29 bits per heavy atom. The number of hydrogen-bond donors (Lipinski definition) is 1. The van der Waals surface area contributed by atoms with E-state index in [9.17, 15) is 4.79 Å². The van der Waals surface area contributed by atoms with Crippen LogP contribution in [-0.2, 0) is 9.53 Å². The van der Waals surface area contributed by atoms with E-state index in [1.807, 2.05) is 4.90 Å². The van der Waals surface area contributed by atoms with Crippen LogP contribution in [-0.4, -0.2) is 50.2 Å². The molecule has 0 aliphatic carbocycles. The van der Waals surface area contributed by atoms with Crippen LogP contribution in [0.2, 0.25) is 0 Å². The van der Waals surface area contributed by atoms with Gasteiger partial charge in [0.25, 0.3) is 0 Å². The first kappa shape index (κ1) is 11.5. The molecular formula is C10H20N2O2. The Bertz CT molecular complexity index is 181. The lowest BCUT2D eigenvalue weighted by Gasteiger charge is -2.38. The monoisotopic (exact) mass is 200 g/mol. The van der Waals surface area contributed by atoms with Gasteiger partial charge in [0.1, 0.15) is 0 Å². The van der Waals surface area contributed by atoms with Crippen molar-refractivity contribution in [1.29, 1.82) is 0 Å². The van der Waals surface area contributed by atoms with Crippen LogP contribution >= 0.6 is 0 Å². The van der Waals surface area contributed by atoms with E-state index in [1.165, 1.54) is 0 Å². The number of nitrogens with one attached hydrogen (secondary N) is 1. The summed E-state index contributed by atoms with van der Waals surface area (Å²) in [6, 6.07) is 0.416. The molecule has 0 bridgehead atoms. The fraction of sp³-hybridized carbons (Fsp3) is 0.900. The summed E-state index contributed by atoms with van der Waals surface area (Å²) in [5, 5.41) is 3.19. The van der Waals surface area contributed by atoms with Gasteiger partial charge >= 0.3 is 0 Å². The van der Waals surface area contributed by atoms with Gasteiger partial charge in [-0.05, 0) is 6.42 Å². The molecule has 1 aliphatic heterocycles. The van der Waals surface area contributed by atoms with Crippen LogP contribution in [0.1, 0.15) is 19.8 Å². The first-order chi connectivity index (χ1) is 6.79. The van der Waals surface area contributed by atoms with E-state index in [0.717, 1.165) is 26.1 Å². The van der Waals surface area contributed by atoms with E-state index in [4.69, 9.17) is 4.74 Å². The van der Waals surface area contributed by atoms with E-state index in [1.54, 1.807) is 7.11 Å². The van der Waals surface area contributed by atoms with Gasteiger partial charge in [0.05, 0.1) is 19.1 Å². The molecule has 0 spiro atoms. The van der Waals surface area contributed by atoms with Crippen LogP contribution in [0.25, 0.3) is 0 Å². The summed E-state index contributed by atoms with van der Waals surface area (Å²) in [5.74, 6) is 0.222. The van der Waals surface area contributed by atoms with Gasteiger partial charge in [-0.3, -0.25) is 4.79 Å². The quantitative estimate of drug-likeness (QED) is 0.667. The summed E-state index contributed by atoms with van der Waals surface area (Å²) < 4.78 is 4.91. The van der Waals surface area contributed by atoms with E-state index in [-0.39, 0.29) is 5.91 Å². The minimum absolute atomic E-state index is 0.222. The molecule has 0 atom stereocenters. The average Bonchev–Trinajstić information content (AvgIpc) is 2.10. The number of rotatable bonds is 6. The predicted molar refractivity (Wildman–Crippen MR) is 55.2 cm³/mol. The minimum Gasteiger partial charge on any atom is -0.384 e. The molecule has 0 saturated carbocycles. The lowest BCUT2D eigenvalue weighted by molar-refractivity contribution is -0.135. The van der Waals surface area contributed by atoms with Crippen molar-refractivity contribution in [2.75, 3.05) is 33.4 Å². The number of hydrogen-bond acceptors (Lipinski definition) is 3. The zero-order chi connectivity index (χ0) is 10.4. The first-order valence-electron chi connectivity index (χ1n) is 5.28. The van der Waals surface area contributed by atoms with Crippen molar-refractivity contribution in [1.82, 2.24) is 10.2 Å². The normalized spacial score (nSPS) is 16.4. The van der Waals surface area contributed by atoms with E-state index >= 15 is 0 Å². The van der Waals surface area contributed by atoms with Crippen LogP contribution in [0, 0.1) is 0 Å². The minimum atomic E-state index is 0.222. The maximum absolute atomic E-state index is 11.7. The molecule has 4 heteroatoms. The summed E-state index contributed by atoms with van der Waals surface area (Å²) in [5.41, 5.74) is 0. The Kier molecular flexibility index (Phi) is 4.90. The lowest BCUT2D eigenvalue weighted by Crippen LogP contribution is -2.59. The molecular weight excluding hydrogens is 180 g/mol. The third-order valence-electron chi connectivity index (χ3n) is 2.51. The Morgan fingerprint density at radius 1 is 1.57 bits per heavy atom. The number of carbonyl (C=O) groups excluding carboxylic acids is 1. The summed E-state index contributed by atoms with van der Waals surface area (Å²) in [7, 11) is 1.63. The molecule has 0 aromatic carbocycles. The molecule has 1 aliphatic rings.